The molecule has 1 unspecified atom stereocenters. The summed E-state index contributed by atoms with van der Waals surface area (Å²) in [5, 5.41) is 0. The van der Waals surface area contributed by atoms with Crippen LogP contribution >= 0.6 is 0 Å². The molecule has 1 rings (SSSR count). The Hall–Kier alpha value is -1.45. The lowest BCUT2D eigenvalue weighted by Crippen LogP contribution is -2.28. The van der Waals surface area contributed by atoms with E-state index in [4.69, 9.17) is 5.73 Å². The van der Waals surface area contributed by atoms with Crippen LogP contribution in [0.15, 0.2) is 49.6 Å². The van der Waals surface area contributed by atoms with E-state index in [1.54, 1.807) is 12.1 Å². The summed E-state index contributed by atoms with van der Waals surface area (Å²) in [5.41, 5.74) is 6.60. The third kappa shape index (κ3) is 4.43. The molecule has 98 valence electrons. The van der Waals surface area contributed by atoms with Crippen molar-refractivity contribution in [3.05, 3.63) is 61.0 Å². The number of rotatable bonds is 8. The molecule has 1 aromatic carbocycles. The molecule has 3 heteroatoms. The zero-order valence-electron chi connectivity index (χ0n) is 10.7. The van der Waals surface area contributed by atoms with Gasteiger partial charge in [0.05, 0.1) is 0 Å². The minimum Gasteiger partial charge on any atom is -0.324 e. The fraction of sp³-hybridized carbons (Fsp3) is 0.333. The topological polar surface area (TPSA) is 29.3 Å². The molecule has 0 bridgehead atoms. The standard InChI is InChI=1S/C15H21FN2/c1-3-10-18(11-4-2)12-9-15(17)13-7-5-6-8-14(13)16/h3-8,15H,1-2,9-12,17H2. The molecule has 0 saturated heterocycles. The second-order valence-corrected chi connectivity index (χ2v) is 4.25. The SMILES string of the molecule is C=CCN(CC=C)CCC(N)c1ccccc1F. The Labute approximate surface area is 109 Å². The van der Waals surface area contributed by atoms with Gasteiger partial charge in [-0.05, 0) is 12.5 Å². The van der Waals surface area contributed by atoms with E-state index in [0.717, 1.165) is 19.6 Å². The molecular formula is C15H21FN2. The normalized spacial score (nSPS) is 12.4. The Balaban J connectivity index is 2.54. The van der Waals surface area contributed by atoms with Crippen LogP contribution in [0.5, 0.6) is 0 Å². The Kier molecular flexibility index (Phi) is 6.33. The van der Waals surface area contributed by atoms with E-state index >= 15 is 0 Å². The molecule has 1 atom stereocenters. The van der Waals surface area contributed by atoms with E-state index in [2.05, 4.69) is 18.1 Å². The Morgan fingerprint density at radius 1 is 1.22 bits per heavy atom. The predicted octanol–water partition coefficient (Wildman–Crippen LogP) is 2.89. The summed E-state index contributed by atoms with van der Waals surface area (Å²) in [6.45, 7) is 9.80. The smallest absolute Gasteiger partial charge is 0.127 e. The number of benzene rings is 1. The van der Waals surface area contributed by atoms with E-state index in [0.29, 0.717) is 12.0 Å². The first-order chi connectivity index (χ1) is 8.69. The molecule has 2 N–H and O–H groups in total. The van der Waals surface area contributed by atoms with E-state index in [1.165, 1.54) is 6.07 Å². The third-order valence-electron chi connectivity index (χ3n) is 2.84. The minimum absolute atomic E-state index is 0.232. The van der Waals surface area contributed by atoms with Crippen molar-refractivity contribution < 1.29 is 4.39 Å². The molecule has 0 spiro atoms. The highest BCUT2D eigenvalue weighted by Gasteiger charge is 2.11. The summed E-state index contributed by atoms with van der Waals surface area (Å²) in [7, 11) is 0. The van der Waals surface area contributed by atoms with Crippen LogP contribution in [0.25, 0.3) is 0 Å². The van der Waals surface area contributed by atoms with Gasteiger partial charge in [0.2, 0.25) is 0 Å². The minimum atomic E-state index is -0.275. The maximum absolute atomic E-state index is 13.5. The number of nitrogens with zero attached hydrogens (tertiary/aromatic N) is 1. The van der Waals surface area contributed by atoms with Gasteiger partial charge in [-0.2, -0.15) is 0 Å². The average molecular weight is 248 g/mol. The zero-order valence-corrected chi connectivity index (χ0v) is 10.7. The van der Waals surface area contributed by atoms with Gasteiger partial charge in [-0.15, -0.1) is 13.2 Å². The molecule has 0 saturated carbocycles. The average Bonchev–Trinajstić information content (AvgIpc) is 2.36. The number of nitrogens with two attached hydrogens (primary N) is 1. The summed E-state index contributed by atoms with van der Waals surface area (Å²) >= 11 is 0. The van der Waals surface area contributed by atoms with Crippen molar-refractivity contribution in [1.82, 2.24) is 4.90 Å². The van der Waals surface area contributed by atoms with Crippen LogP contribution in [-0.2, 0) is 0 Å². The van der Waals surface area contributed by atoms with Gasteiger partial charge in [0.1, 0.15) is 5.82 Å². The molecular weight excluding hydrogens is 227 g/mol. The molecule has 0 aromatic heterocycles. The molecule has 18 heavy (non-hydrogen) atoms. The number of hydrogen-bond acceptors (Lipinski definition) is 2. The second-order valence-electron chi connectivity index (χ2n) is 4.25. The molecule has 0 fully saturated rings. The lowest BCUT2D eigenvalue weighted by atomic mass is 10.0. The largest absolute Gasteiger partial charge is 0.324 e. The first-order valence-corrected chi connectivity index (χ1v) is 6.13. The highest BCUT2D eigenvalue weighted by Crippen LogP contribution is 2.17. The number of halogens is 1. The van der Waals surface area contributed by atoms with Crippen LogP contribution in [0, 0.1) is 5.82 Å². The maximum atomic E-state index is 13.5. The van der Waals surface area contributed by atoms with Crippen LogP contribution in [0.4, 0.5) is 4.39 Å². The highest BCUT2D eigenvalue weighted by molar-refractivity contribution is 5.20. The van der Waals surface area contributed by atoms with Gasteiger partial charge in [0, 0.05) is 31.2 Å². The van der Waals surface area contributed by atoms with Gasteiger partial charge in [-0.1, -0.05) is 30.4 Å². The van der Waals surface area contributed by atoms with Gasteiger partial charge in [0.25, 0.3) is 0 Å². The lowest BCUT2D eigenvalue weighted by molar-refractivity contribution is 0.318. The molecule has 1 aromatic rings. The molecule has 0 amide bonds. The monoisotopic (exact) mass is 248 g/mol. The molecule has 0 aliphatic carbocycles. The van der Waals surface area contributed by atoms with Crippen LogP contribution in [0.2, 0.25) is 0 Å². The summed E-state index contributed by atoms with van der Waals surface area (Å²) in [4.78, 5) is 2.17. The van der Waals surface area contributed by atoms with Crippen molar-refractivity contribution in [2.45, 2.75) is 12.5 Å². The van der Waals surface area contributed by atoms with Crippen LogP contribution in [-0.4, -0.2) is 24.5 Å². The summed E-state index contributed by atoms with van der Waals surface area (Å²) in [5.74, 6) is -0.232. The quantitative estimate of drug-likeness (QED) is 0.717. The molecule has 0 heterocycles. The Bertz CT molecular complexity index is 380. The van der Waals surface area contributed by atoms with E-state index in [1.807, 2.05) is 18.2 Å². The fourth-order valence-corrected chi connectivity index (χ4v) is 1.88. The molecule has 0 aliphatic heterocycles. The second kappa shape index (κ2) is 7.80. The van der Waals surface area contributed by atoms with Gasteiger partial charge in [-0.25, -0.2) is 4.39 Å². The zero-order chi connectivity index (χ0) is 13.4. The van der Waals surface area contributed by atoms with Crippen molar-refractivity contribution >= 4 is 0 Å². The van der Waals surface area contributed by atoms with Crippen LogP contribution in [0.1, 0.15) is 18.0 Å². The van der Waals surface area contributed by atoms with Crippen molar-refractivity contribution in [3.63, 3.8) is 0 Å². The summed E-state index contributed by atoms with van der Waals surface area (Å²) in [6.07, 6.45) is 4.40. The molecule has 2 nitrogen and oxygen atoms in total. The highest BCUT2D eigenvalue weighted by atomic mass is 19.1. The lowest BCUT2D eigenvalue weighted by Gasteiger charge is -2.21. The first kappa shape index (κ1) is 14.6. The fourth-order valence-electron chi connectivity index (χ4n) is 1.88. The Morgan fingerprint density at radius 3 is 2.39 bits per heavy atom. The van der Waals surface area contributed by atoms with E-state index in [-0.39, 0.29) is 11.9 Å². The number of hydrogen-bond donors (Lipinski definition) is 1. The predicted molar refractivity (Wildman–Crippen MR) is 74.8 cm³/mol. The van der Waals surface area contributed by atoms with Crippen molar-refractivity contribution in [1.29, 1.82) is 0 Å². The van der Waals surface area contributed by atoms with E-state index < -0.39 is 0 Å². The van der Waals surface area contributed by atoms with Gasteiger partial charge >= 0.3 is 0 Å². The van der Waals surface area contributed by atoms with Crippen LogP contribution in [0.3, 0.4) is 0 Å². The summed E-state index contributed by atoms with van der Waals surface area (Å²) in [6, 6.07) is 6.39. The van der Waals surface area contributed by atoms with Gasteiger partial charge in [-0.3, -0.25) is 4.90 Å². The van der Waals surface area contributed by atoms with Gasteiger partial charge < -0.3 is 5.73 Å². The van der Waals surface area contributed by atoms with Gasteiger partial charge in [0.15, 0.2) is 0 Å². The Morgan fingerprint density at radius 2 is 1.83 bits per heavy atom. The molecule has 0 radical (unpaired) electrons. The molecule has 0 aliphatic rings. The summed E-state index contributed by atoms with van der Waals surface area (Å²) < 4.78 is 13.5. The van der Waals surface area contributed by atoms with Crippen molar-refractivity contribution in [2.75, 3.05) is 19.6 Å². The first-order valence-electron chi connectivity index (χ1n) is 6.13. The third-order valence-corrected chi connectivity index (χ3v) is 2.84. The van der Waals surface area contributed by atoms with Crippen molar-refractivity contribution in [2.24, 2.45) is 5.73 Å². The van der Waals surface area contributed by atoms with Crippen LogP contribution < -0.4 is 5.73 Å². The van der Waals surface area contributed by atoms with Crippen molar-refractivity contribution in [3.8, 4) is 0 Å². The van der Waals surface area contributed by atoms with E-state index in [9.17, 15) is 4.39 Å². The maximum Gasteiger partial charge on any atom is 0.127 e.